The van der Waals surface area contributed by atoms with Gasteiger partial charge in [-0.3, -0.25) is 4.99 Å². The van der Waals surface area contributed by atoms with E-state index in [1.807, 2.05) is 20.8 Å². The Morgan fingerprint density at radius 1 is 1.31 bits per heavy atom. The molecule has 0 aliphatic carbocycles. The number of rotatable bonds is 8. The van der Waals surface area contributed by atoms with Crippen LogP contribution < -0.4 is 10.6 Å². The third kappa shape index (κ3) is 7.28. The number of sulfonamides is 1. The minimum atomic E-state index is -5.25. The van der Waals surface area contributed by atoms with Crippen molar-refractivity contribution < 1.29 is 26.3 Å². The molecule has 1 saturated heterocycles. The van der Waals surface area contributed by atoms with Gasteiger partial charge in [-0.25, -0.2) is 8.42 Å². The molecule has 1 aliphatic rings. The first-order valence-corrected chi connectivity index (χ1v) is 10.2. The lowest BCUT2D eigenvalue weighted by atomic mass is 10.1. The quantitative estimate of drug-likeness (QED) is 0.367. The summed E-state index contributed by atoms with van der Waals surface area (Å²) in [5, 5.41) is 6.24. The van der Waals surface area contributed by atoms with Gasteiger partial charge in [0.15, 0.2) is 5.96 Å². The second-order valence-electron chi connectivity index (χ2n) is 6.30. The summed E-state index contributed by atoms with van der Waals surface area (Å²) in [5.74, 6) is 0.578. The van der Waals surface area contributed by atoms with E-state index in [9.17, 15) is 21.6 Å². The van der Waals surface area contributed by atoms with Crippen LogP contribution in [0.25, 0.3) is 0 Å². The van der Waals surface area contributed by atoms with Crippen LogP contribution in [0, 0.1) is 0 Å². The lowest BCUT2D eigenvalue weighted by molar-refractivity contribution is -0.0494. The lowest BCUT2D eigenvalue weighted by Crippen LogP contribution is -2.51. The topological polar surface area (TPSA) is 83.0 Å². The monoisotopic (exact) mass is 402 g/mol. The van der Waals surface area contributed by atoms with E-state index < -0.39 is 15.5 Å². The minimum Gasteiger partial charge on any atom is -0.379 e. The van der Waals surface area contributed by atoms with Gasteiger partial charge in [0.1, 0.15) is 0 Å². The SMILES string of the molecule is CCNC(=NCCCOC(C)C)NC1CCN(S(=O)(=O)C(F)(F)F)CC1. The van der Waals surface area contributed by atoms with E-state index in [1.165, 1.54) is 0 Å². The van der Waals surface area contributed by atoms with Crippen LogP contribution in [0.5, 0.6) is 0 Å². The zero-order chi connectivity index (χ0) is 19.8. The Morgan fingerprint density at radius 2 is 1.92 bits per heavy atom. The molecule has 154 valence electrons. The second-order valence-corrected chi connectivity index (χ2v) is 8.23. The summed E-state index contributed by atoms with van der Waals surface area (Å²) in [6.07, 6.45) is 1.51. The molecule has 0 spiro atoms. The first-order chi connectivity index (χ1) is 12.1. The number of guanidine groups is 1. The molecule has 0 bridgehead atoms. The standard InChI is InChI=1S/C15H29F3N4O3S/c1-4-19-14(20-8-5-11-25-12(2)3)21-13-6-9-22(10-7-13)26(23,24)15(16,17)18/h12-13H,4-11H2,1-3H3,(H2,19,20,21). The number of ether oxygens (including phenoxy) is 1. The van der Waals surface area contributed by atoms with Gasteiger partial charge in [0.05, 0.1) is 6.10 Å². The van der Waals surface area contributed by atoms with Crippen molar-refractivity contribution in [3.8, 4) is 0 Å². The second kappa shape index (κ2) is 10.3. The van der Waals surface area contributed by atoms with E-state index in [2.05, 4.69) is 15.6 Å². The Balaban J connectivity index is 2.49. The third-order valence-electron chi connectivity index (χ3n) is 3.79. The molecule has 0 amide bonds. The van der Waals surface area contributed by atoms with Crippen LogP contribution in [0.4, 0.5) is 13.2 Å². The van der Waals surface area contributed by atoms with Crippen LogP contribution in [0.2, 0.25) is 0 Å². The first-order valence-electron chi connectivity index (χ1n) is 8.80. The van der Waals surface area contributed by atoms with Crippen LogP contribution in [0.3, 0.4) is 0 Å². The smallest absolute Gasteiger partial charge is 0.379 e. The fourth-order valence-electron chi connectivity index (χ4n) is 2.47. The summed E-state index contributed by atoms with van der Waals surface area (Å²) in [5.41, 5.74) is -5.25. The van der Waals surface area contributed by atoms with Crippen LogP contribution in [0.15, 0.2) is 4.99 Å². The van der Waals surface area contributed by atoms with Crippen molar-refractivity contribution >= 4 is 16.0 Å². The molecule has 7 nitrogen and oxygen atoms in total. The van der Waals surface area contributed by atoms with Gasteiger partial charge in [-0.1, -0.05) is 0 Å². The van der Waals surface area contributed by atoms with Crippen molar-refractivity contribution in [2.24, 2.45) is 4.99 Å². The van der Waals surface area contributed by atoms with E-state index in [1.54, 1.807) is 0 Å². The van der Waals surface area contributed by atoms with Gasteiger partial charge >= 0.3 is 15.5 Å². The number of hydrogen-bond donors (Lipinski definition) is 2. The van der Waals surface area contributed by atoms with Gasteiger partial charge in [0.25, 0.3) is 0 Å². The summed E-state index contributed by atoms with van der Waals surface area (Å²) in [7, 11) is -5.24. The molecule has 0 aromatic rings. The van der Waals surface area contributed by atoms with Gasteiger partial charge in [0.2, 0.25) is 0 Å². The number of halogens is 3. The highest BCUT2D eigenvalue weighted by Crippen LogP contribution is 2.28. The molecular weight excluding hydrogens is 373 g/mol. The van der Waals surface area contributed by atoms with Crippen molar-refractivity contribution in [1.29, 1.82) is 0 Å². The molecule has 1 aliphatic heterocycles. The Labute approximate surface area is 153 Å². The number of nitrogens with zero attached hydrogens (tertiary/aromatic N) is 2. The summed E-state index contributed by atoms with van der Waals surface area (Å²) in [6, 6.07) is -0.126. The third-order valence-corrected chi connectivity index (χ3v) is 5.42. The van der Waals surface area contributed by atoms with E-state index in [4.69, 9.17) is 4.74 Å². The fraction of sp³-hybridized carbons (Fsp3) is 0.933. The highest BCUT2D eigenvalue weighted by Gasteiger charge is 2.50. The van der Waals surface area contributed by atoms with E-state index in [0.29, 0.717) is 30.0 Å². The van der Waals surface area contributed by atoms with Crippen LogP contribution in [-0.4, -0.2) is 69.1 Å². The summed E-state index contributed by atoms with van der Waals surface area (Å²) in [6.45, 7) is 7.31. The average molecular weight is 402 g/mol. The number of hydrogen-bond acceptors (Lipinski definition) is 4. The maximum absolute atomic E-state index is 12.6. The van der Waals surface area contributed by atoms with Gasteiger partial charge < -0.3 is 15.4 Å². The van der Waals surface area contributed by atoms with Gasteiger partial charge in [0, 0.05) is 38.8 Å². The van der Waals surface area contributed by atoms with Crippen LogP contribution in [0.1, 0.15) is 40.0 Å². The lowest BCUT2D eigenvalue weighted by Gasteiger charge is -2.32. The summed E-state index contributed by atoms with van der Waals surface area (Å²) < 4.78 is 66.6. The normalized spacial score (nSPS) is 18.3. The first kappa shape index (κ1) is 23.0. The zero-order valence-corrected chi connectivity index (χ0v) is 16.3. The number of aliphatic imine (C=N–C) groups is 1. The van der Waals surface area contributed by atoms with Crippen molar-refractivity contribution in [1.82, 2.24) is 14.9 Å². The van der Waals surface area contributed by atoms with Crippen LogP contribution in [-0.2, 0) is 14.8 Å². The van der Waals surface area contributed by atoms with Gasteiger partial charge in [-0.05, 0) is 40.0 Å². The van der Waals surface area contributed by atoms with Crippen molar-refractivity contribution in [3.05, 3.63) is 0 Å². The van der Waals surface area contributed by atoms with E-state index >= 15 is 0 Å². The molecule has 1 fully saturated rings. The highest BCUT2D eigenvalue weighted by atomic mass is 32.2. The Kier molecular flexibility index (Phi) is 9.11. The fourth-order valence-corrected chi connectivity index (χ4v) is 3.46. The molecule has 2 N–H and O–H groups in total. The predicted octanol–water partition coefficient (Wildman–Crippen LogP) is 1.67. The van der Waals surface area contributed by atoms with E-state index in [-0.39, 0.29) is 38.1 Å². The minimum absolute atomic E-state index is 0.126. The molecule has 0 radical (unpaired) electrons. The Bertz CT molecular complexity index is 545. The average Bonchev–Trinajstić information content (AvgIpc) is 2.53. The number of nitrogens with one attached hydrogen (secondary N) is 2. The Hall–Kier alpha value is -1.07. The van der Waals surface area contributed by atoms with Gasteiger partial charge in [-0.15, -0.1) is 0 Å². The molecule has 0 saturated carbocycles. The molecule has 11 heteroatoms. The predicted molar refractivity (Wildman–Crippen MR) is 94.4 cm³/mol. The molecule has 0 atom stereocenters. The van der Waals surface area contributed by atoms with Gasteiger partial charge in [-0.2, -0.15) is 17.5 Å². The summed E-state index contributed by atoms with van der Waals surface area (Å²) >= 11 is 0. The molecular formula is C15H29F3N4O3S. The zero-order valence-electron chi connectivity index (χ0n) is 15.5. The van der Waals surface area contributed by atoms with Crippen molar-refractivity contribution in [2.75, 3.05) is 32.8 Å². The molecule has 1 rings (SSSR count). The van der Waals surface area contributed by atoms with Crippen molar-refractivity contribution in [3.63, 3.8) is 0 Å². The molecule has 0 aromatic heterocycles. The van der Waals surface area contributed by atoms with Crippen molar-refractivity contribution in [2.45, 2.75) is 57.7 Å². The molecule has 26 heavy (non-hydrogen) atoms. The number of piperidine rings is 1. The largest absolute Gasteiger partial charge is 0.511 e. The van der Waals surface area contributed by atoms with E-state index in [0.717, 1.165) is 6.42 Å². The maximum Gasteiger partial charge on any atom is 0.511 e. The molecule has 0 unspecified atom stereocenters. The highest BCUT2D eigenvalue weighted by molar-refractivity contribution is 7.90. The Morgan fingerprint density at radius 3 is 2.42 bits per heavy atom. The van der Waals surface area contributed by atoms with Crippen LogP contribution >= 0.6 is 0 Å². The molecule has 1 heterocycles. The maximum atomic E-state index is 12.6. The summed E-state index contributed by atoms with van der Waals surface area (Å²) in [4.78, 5) is 4.41. The number of alkyl halides is 3. The molecule has 0 aromatic carbocycles.